The Labute approximate surface area is 150 Å². The molecule has 1 heterocycles. The first-order valence-electron chi connectivity index (χ1n) is 8.82. The molecule has 0 aromatic rings. The zero-order chi connectivity index (χ0) is 19.4. The van der Waals surface area contributed by atoms with Crippen molar-refractivity contribution < 1.29 is 23.9 Å². The van der Waals surface area contributed by atoms with Gasteiger partial charge in [-0.2, -0.15) is 0 Å². The third-order valence-electron chi connectivity index (χ3n) is 4.46. The number of imide groups is 1. The molecule has 3 amide bonds. The lowest BCUT2D eigenvalue weighted by Gasteiger charge is -2.42. The quantitative estimate of drug-likeness (QED) is 0.791. The van der Waals surface area contributed by atoms with E-state index in [-0.39, 0.29) is 18.2 Å². The molecule has 144 valence electrons. The Kier molecular flexibility index (Phi) is 6.99. The second kappa shape index (κ2) is 8.17. The Bertz CT molecular complexity index is 514. The molecule has 0 radical (unpaired) electrons. The van der Waals surface area contributed by atoms with Crippen molar-refractivity contribution in [3.05, 3.63) is 0 Å². The minimum Gasteiger partial charge on any atom is -0.443 e. The van der Waals surface area contributed by atoms with Crippen LogP contribution in [-0.2, 0) is 19.1 Å². The molecule has 7 nitrogen and oxygen atoms in total. The van der Waals surface area contributed by atoms with Crippen LogP contribution in [0.15, 0.2) is 0 Å². The molecule has 1 aliphatic heterocycles. The lowest BCUT2D eigenvalue weighted by Crippen LogP contribution is -2.62. The third-order valence-corrected chi connectivity index (χ3v) is 4.46. The Morgan fingerprint density at radius 1 is 1.32 bits per heavy atom. The van der Waals surface area contributed by atoms with Crippen LogP contribution in [0.25, 0.3) is 0 Å². The summed E-state index contributed by atoms with van der Waals surface area (Å²) >= 11 is 0. The van der Waals surface area contributed by atoms with Crippen LogP contribution in [0.4, 0.5) is 4.79 Å². The highest BCUT2D eigenvalue weighted by Crippen LogP contribution is 2.32. The summed E-state index contributed by atoms with van der Waals surface area (Å²) in [6.45, 7) is 10.6. The SMILES string of the molecule is CCC[C@](C)(OC)[C@@H](NC(C)=O)[C@@H]1CCC(=O)N1C(=O)OC(C)(C)C. The Morgan fingerprint density at radius 3 is 2.36 bits per heavy atom. The predicted molar refractivity (Wildman–Crippen MR) is 94.0 cm³/mol. The molecule has 0 aliphatic carbocycles. The Morgan fingerprint density at radius 2 is 1.92 bits per heavy atom. The van der Waals surface area contributed by atoms with Crippen LogP contribution in [0, 0.1) is 0 Å². The van der Waals surface area contributed by atoms with Crippen LogP contribution >= 0.6 is 0 Å². The molecule has 1 rings (SSSR count). The molecule has 0 spiro atoms. The van der Waals surface area contributed by atoms with Crippen LogP contribution in [0.2, 0.25) is 0 Å². The number of ether oxygens (including phenoxy) is 2. The van der Waals surface area contributed by atoms with Crippen molar-refractivity contribution in [3.8, 4) is 0 Å². The topological polar surface area (TPSA) is 84.9 Å². The van der Waals surface area contributed by atoms with Gasteiger partial charge in [-0.25, -0.2) is 9.69 Å². The molecule has 0 aromatic heterocycles. The minimum absolute atomic E-state index is 0.229. The first-order chi connectivity index (χ1) is 11.4. The van der Waals surface area contributed by atoms with Gasteiger partial charge in [-0.1, -0.05) is 13.3 Å². The average molecular weight is 356 g/mol. The molecular weight excluding hydrogens is 324 g/mol. The number of methoxy groups -OCH3 is 1. The maximum absolute atomic E-state index is 12.6. The summed E-state index contributed by atoms with van der Waals surface area (Å²) in [4.78, 5) is 37.9. The van der Waals surface area contributed by atoms with Crippen molar-refractivity contribution >= 4 is 17.9 Å². The van der Waals surface area contributed by atoms with E-state index in [0.717, 1.165) is 11.3 Å². The van der Waals surface area contributed by atoms with E-state index in [2.05, 4.69) is 5.32 Å². The fourth-order valence-electron chi connectivity index (χ4n) is 3.33. The smallest absolute Gasteiger partial charge is 0.417 e. The maximum Gasteiger partial charge on any atom is 0.417 e. The molecule has 25 heavy (non-hydrogen) atoms. The van der Waals surface area contributed by atoms with Crippen molar-refractivity contribution in [2.75, 3.05) is 7.11 Å². The summed E-state index contributed by atoms with van der Waals surface area (Å²) in [5.74, 6) is -0.516. The first-order valence-corrected chi connectivity index (χ1v) is 8.82. The van der Waals surface area contributed by atoms with Crippen molar-refractivity contribution in [2.24, 2.45) is 0 Å². The molecule has 0 saturated carbocycles. The van der Waals surface area contributed by atoms with Gasteiger partial charge in [0.15, 0.2) is 0 Å². The zero-order valence-electron chi connectivity index (χ0n) is 16.5. The fourth-order valence-corrected chi connectivity index (χ4v) is 3.33. The van der Waals surface area contributed by atoms with Gasteiger partial charge in [0.1, 0.15) is 5.60 Å². The highest BCUT2D eigenvalue weighted by molar-refractivity contribution is 5.94. The number of rotatable bonds is 6. The standard InChI is InChI=1S/C18H32N2O5/c1-8-11-18(6,24-7)15(19-12(2)21)13-9-10-14(22)20(13)16(23)25-17(3,4)5/h13,15H,8-11H2,1-7H3,(H,19,21)/t13-,15-,18-/m0/s1. The van der Waals surface area contributed by atoms with Gasteiger partial charge in [0.05, 0.1) is 17.7 Å². The van der Waals surface area contributed by atoms with E-state index in [1.54, 1.807) is 27.9 Å². The van der Waals surface area contributed by atoms with Gasteiger partial charge in [0, 0.05) is 20.5 Å². The molecule has 1 aliphatic rings. The summed E-state index contributed by atoms with van der Waals surface area (Å²) in [5, 5.41) is 2.90. The monoisotopic (exact) mass is 356 g/mol. The van der Waals surface area contributed by atoms with Crippen LogP contribution in [0.1, 0.15) is 67.2 Å². The van der Waals surface area contributed by atoms with E-state index in [0.29, 0.717) is 12.8 Å². The molecule has 0 bridgehead atoms. The lowest BCUT2D eigenvalue weighted by molar-refractivity contribution is -0.132. The highest BCUT2D eigenvalue weighted by atomic mass is 16.6. The van der Waals surface area contributed by atoms with Gasteiger partial charge in [0.25, 0.3) is 0 Å². The molecule has 1 N–H and O–H groups in total. The summed E-state index contributed by atoms with van der Waals surface area (Å²) in [7, 11) is 1.58. The number of likely N-dealkylation sites (tertiary alicyclic amines) is 1. The van der Waals surface area contributed by atoms with Gasteiger partial charge in [-0.15, -0.1) is 0 Å². The molecule has 7 heteroatoms. The van der Waals surface area contributed by atoms with Gasteiger partial charge in [-0.05, 0) is 40.5 Å². The number of carbonyl (C=O) groups is 3. The average Bonchev–Trinajstić information content (AvgIpc) is 2.84. The lowest BCUT2D eigenvalue weighted by atomic mass is 9.85. The summed E-state index contributed by atoms with van der Waals surface area (Å²) in [6, 6.07) is -1.00. The van der Waals surface area contributed by atoms with Crippen LogP contribution in [0.5, 0.6) is 0 Å². The second-order valence-corrected chi connectivity index (χ2v) is 7.80. The van der Waals surface area contributed by atoms with Crippen molar-refractivity contribution in [1.29, 1.82) is 0 Å². The van der Waals surface area contributed by atoms with E-state index < -0.39 is 29.4 Å². The molecule has 3 atom stereocenters. The molecule has 1 fully saturated rings. The number of carbonyl (C=O) groups excluding carboxylic acids is 3. The van der Waals surface area contributed by atoms with Gasteiger partial charge >= 0.3 is 6.09 Å². The largest absolute Gasteiger partial charge is 0.443 e. The van der Waals surface area contributed by atoms with Gasteiger partial charge < -0.3 is 14.8 Å². The van der Waals surface area contributed by atoms with E-state index in [1.807, 2.05) is 13.8 Å². The minimum atomic E-state index is -0.706. The van der Waals surface area contributed by atoms with Crippen LogP contribution in [0.3, 0.4) is 0 Å². The van der Waals surface area contributed by atoms with E-state index >= 15 is 0 Å². The normalized spacial score (nSPS) is 21.6. The van der Waals surface area contributed by atoms with Crippen LogP contribution < -0.4 is 5.32 Å². The summed E-state index contributed by atoms with van der Waals surface area (Å²) < 4.78 is 11.1. The predicted octanol–water partition coefficient (Wildman–Crippen LogP) is 2.62. The van der Waals surface area contributed by atoms with E-state index in [9.17, 15) is 14.4 Å². The van der Waals surface area contributed by atoms with E-state index in [1.165, 1.54) is 6.92 Å². The number of amides is 3. The highest BCUT2D eigenvalue weighted by Gasteiger charge is 2.49. The van der Waals surface area contributed by atoms with Crippen molar-refractivity contribution in [2.45, 2.75) is 90.5 Å². The Balaban J connectivity index is 3.20. The number of hydrogen-bond acceptors (Lipinski definition) is 5. The summed E-state index contributed by atoms with van der Waals surface area (Å²) in [6.07, 6.45) is 1.55. The number of nitrogens with zero attached hydrogens (tertiary/aromatic N) is 1. The molecular formula is C18H32N2O5. The third kappa shape index (κ3) is 5.42. The van der Waals surface area contributed by atoms with Crippen molar-refractivity contribution in [1.82, 2.24) is 10.2 Å². The molecule has 0 aromatic carbocycles. The maximum atomic E-state index is 12.6. The zero-order valence-corrected chi connectivity index (χ0v) is 16.5. The second-order valence-electron chi connectivity index (χ2n) is 7.80. The summed E-state index contributed by atoms with van der Waals surface area (Å²) in [5.41, 5.74) is -1.40. The van der Waals surface area contributed by atoms with Gasteiger partial charge in [-0.3, -0.25) is 9.59 Å². The Hall–Kier alpha value is -1.63. The van der Waals surface area contributed by atoms with Crippen LogP contribution in [-0.4, -0.2) is 53.2 Å². The number of nitrogens with one attached hydrogen (secondary N) is 1. The van der Waals surface area contributed by atoms with Crippen molar-refractivity contribution in [3.63, 3.8) is 0 Å². The number of hydrogen-bond donors (Lipinski definition) is 1. The molecule has 1 saturated heterocycles. The fraction of sp³-hybridized carbons (Fsp3) is 0.833. The first kappa shape index (κ1) is 21.4. The van der Waals surface area contributed by atoms with E-state index in [4.69, 9.17) is 9.47 Å². The van der Waals surface area contributed by atoms with Gasteiger partial charge in [0.2, 0.25) is 11.8 Å². The molecule has 0 unspecified atom stereocenters.